The quantitative estimate of drug-likeness (QED) is 0.0580. The van der Waals surface area contributed by atoms with Crippen molar-refractivity contribution in [1.29, 1.82) is 0 Å². The highest BCUT2D eigenvalue weighted by molar-refractivity contribution is 9.10. The first-order chi connectivity index (χ1) is 18.5. The number of aliphatic hydroxyl groups is 1. The molecule has 0 fully saturated rings. The van der Waals surface area contributed by atoms with Gasteiger partial charge in [0.25, 0.3) is 5.91 Å². The standard InChI is InChI=1S/C27H27BrN6O4/c28-21-10-6-18(7-11-21)16-27(26(36)33-29)24(23-5-2-1-4-20(23)17-31-34-30)38-25(32-27)19-8-12-22(13-9-19)37-15-3-14-35/h1-2,4-13,24,35H,3,14-17,29H2,(H,33,36)/t24-,27-/m0/s1. The van der Waals surface area contributed by atoms with Gasteiger partial charge < -0.3 is 14.6 Å². The van der Waals surface area contributed by atoms with Crippen LogP contribution in [-0.2, 0) is 22.5 Å². The third kappa shape index (κ3) is 5.98. The number of rotatable bonds is 11. The first kappa shape index (κ1) is 27.2. The number of benzene rings is 3. The van der Waals surface area contributed by atoms with Gasteiger partial charge in [-0.15, -0.1) is 0 Å². The number of hydrogen-bond acceptors (Lipinski definition) is 7. The molecule has 0 unspecified atom stereocenters. The van der Waals surface area contributed by atoms with E-state index in [1.54, 1.807) is 24.3 Å². The van der Waals surface area contributed by atoms with E-state index in [1.165, 1.54) is 0 Å². The molecule has 0 radical (unpaired) electrons. The van der Waals surface area contributed by atoms with E-state index in [9.17, 15) is 4.79 Å². The van der Waals surface area contributed by atoms with E-state index in [4.69, 9.17) is 30.9 Å². The molecule has 10 nitrogen and oxygen atoms in total. The number of aliphatic hydroxyl groups excluding tert-OH is 1. The average molecular weight is 579 g/mol. The molecule has 4 rings (SSSR count). The SMILES string of the molecule is [N-]=[N+]=NCc1ccccc1[C@@H]1OC(c2ccc(OCCCO)cc2)=N[C@]1(Cc1ccc(Br)cc1)C(=O)NN. The Morgan fingerprint density at radius 2 is 1.92 bits per heavy atom. The molecule has 0 aliphatic carbocycles. The minimum Gasteiger partial charge on any atom is -0.494 e. The molecule has 38 heavy (non-hydrogen) atoms. The molecule has 0 saturated heterocycles. The summed E-state index contributed by atoms with van der Waals surface area (Å²) in [5.41, 5.74) is 12.7. The van der Waals surface area contributed by atoms with E-state index >= 15 is 0 Å². The number of amides is 1. The van der Waals surface area contributed by atoms with Crippen LogP contribution in [0.15, 0.2) is 87.4 Å². The van der Waals surface area contributed by atoms with Gasteiger partial charge in [0.2, 0.25) is 5.90 Å². The Balaban J connectivity index is 1.79. The van der Waals surface area contributed by atoms with Crippen LogP contribution in [0.25, 0.3) is 10.4 Å². The van der Waals surface area contributed by atoms with Crippen LogP contribution in [-0.4, -0.2) is 35.7 Å². The van der Waals surface area contributed by atoms with Gasteiger partial charge in [0.1, 0.15) is 5.75 Å². The number of ether oxygens (including phenoxy) is 2. The first-order valence-electron chi connectivity index (χ1n) is 12.0. The number of azide groups is 1. The van der Waals surface area contributed by atoms with Crippen LogP contribution < -0.4 is 16.0 Å². The second-order valence-corrected chi connectivity index (χ2v) is 9.57. The van der Waals surface area contributed by atoms with Gasteiger partial charge in [-0.3, -0.25) is 10.2 Å². The zero-order chi connectivity index (χ0) is 27.0. The molecule has 0 saturated carbocycles. The van der Waals surface area contributed by atoms with Crippen molar-refractivity contribution in [3.63, 3.8) is 0 Å². The van der Waals surface area contributed by atoms with Crippen LogP contribution in [0.5, 0.6) is 5.75 Å². The first-order valence-corrected chi connectivity index (χ1v) is 12.7. The smallest absolute Gasteiger partial charge is 0.266 e. The lowest BCUT2D eigenvalue weighted by molar-refractivity contribution is -0.129. The molecule has 3 aromatic rings. The molecule has 0 spiro atoms. The van der Waals surface area contributed by atoms with Crippen LogP contribution >= 0.6 is 15.9 Å². The topological polar surface area (TPSA) is 155 Å². The highest BCUT2D eigenvalue weighted by atomic mass is 79.9. The number of nitrogens with zero attached hydrogens (tertiary/aromatic N) is 4. The fourth-order valence-corrected chi connectivity index (χ4v) is 4.60. The molecule has 3 aromatic carbocycles. The van der Waals surface area contributed by atoms with Gasteiger partial charge in [0.05, 0.1) is 13.2 Å². The fraction of sp³-hybridized carbons (Fsp3) is 0.259. The summed E-state index contributed by atoms with van der Waals surface area (Å²) in [6.07, 6.45) is -0.118. The zero-order valence-corrected chi connectivity index (χ0v) is 22.0. The predicted octanol–water partition coefficient (Wildman–Crippen LogP) is 4.51. The van der Waals surface area contributed by atoms with Crippen molar-refractivity contribution in [2.24, 2.45) is 15.9 Å². The van der Waals surface area contributed by atoms with Gasteiger partial charge >= 0.3 is 0 Å². The summed E-state index contributed by atoms with van der Waals surface area (Å²) in [6, 6.07) is 22.1. The summed E-state index contributed by atoms with van der Waals surface area (Å²) in [4.78, 5) is 21.3. The Bertz CT molecular complexity index is 1340. The molecule has 11 heteroatoms. The molecule has 0 aromatic heterocycles. The number of hydrogen-bond donors (Lipinski definition) is 3. The molecular weight excluding hydrogens is 552 g/mol. The molecule has 1 amide bonds. The lowest BCUT2D eigenvalue weighted by atomic mass is 9.81. The van der Waals surface area contributed by atoms with Crippen LogP contribution in [0.3, 0.4) is 0 Å². The fourth-order valence-electron chi connectivity index (χ4n) is 4.34. The largest absolute Gasteiger partial charge is 0.494 e. The van der Waals surface area contributed by atoms with Crippen molar-refractivity contribution in [3.05, 3.63) is 110 Å². The lowest BCUT2D eigenvalue weighted by Gasteiger charge is -2.31. The van der Waals surface area contributed by atoms with Gasteiger partial charge in [-0.1, -0.05) is 57.4 Å². The Kier molecular flexibility index (Phi) is 8.98. The Morgan fingerprint density at radius 1 is 1.18 bits per heavy atom. The van der Waals surface area contributed by atoms with Crippen molar-refractivity contribution in [3.8, 4) is 5.75 Å². The number of halogens is 1. The molecule has 1 aliphatic heterocycles. The normalized spacial score (nSPS) is 18.2. The number of aliphatic imine (C=N–C) groups is 1. The number of carbonyl (C=O) groups excluding carboxylic acids is 1. The van der Waals surface area contributed by atoms with E-state index in [2.05, 4.69) is 31.4 Å². The van der Waals surface area contributed by atoms with E-state index in [-0.39, 0.29) is 25.5 Å². The molecule has 1 aliphatic rings. The number of nitrogens with two attached hydrogens (primary N) is 1. The van der Waals surface area contributed by atoms with Crippen molar-refractivity contribution >= 4 is 27.7 Å². The Morgan fingerprint density at radius 3 is 2.61 bits per heavy atom. The van der Waals surface area contributed by atoms with Gasteiger partial charge in [-0.25, -0.2) is 10.8 Å². The van der Waals surface area contributed by atoms with Gasteiger partial charge in [-0.05, 0) is 58.6 Å². The van der Waals surface area contributed by atoms with Crippen LogP contribution in [0.2, 0.25) is 0 Å². The van der Waals surface area contributed by atoms with E-state index in [1.807, 2.05) is 48.5 Å². The number of hydrazine groups is 1. The summed E-state index contributed by atoms with van der Waals surface area (Å²) >= 11 is 3.45. The second kappa shape index (κ2) is 12.6. The third-order valence-corrected chi connectivity index (χ3v) is 6.72. The van der Waals surface area contributed by atoms with Crippen molar-refractivity contribution < 1.29 is 19.4 Å². The Hall–Kier alpha value is -3.89. The van der Waals surface area contributed by atoms with Crippen molar-refractivity contribution in [2.75, 3.05) is 13.2 Å². The van der Waals surface area contributed by atoms with Crippen LogP contribution in [0, 0.1) is 0 Å². The average Bonchev–Trinajstić information content (AvgIpc) is 3.33. The van der Waals surface area contributed by atoms with E-state index in [0.717, 1.165) is 10.0 Å². The Labute approximate surface area is 228 Å². The van der Waals surface area contributed by atoms with Gasteiger partial charge in [0.15, 0.2) is 11.6 Å². The lowest BCUT2D eigenvalue weighted by Crippen LogP contribution is -2.52. The maximum Gasteiger partial charge on any atom is 0.266 e. The summed E-state index contributed by atoms with van der Waals surface area (Å²) in [7, 11) is 0. The summed E-state index contributed by atoms with van der Waals surface area (Å²) in [5.74, 6) is 6.10. The third-order valence-electron chi connectivity index (χ3n) is 6.19. The van der Waals surface area contributed by atoms with Gasteiger partial charge in [0, 0.05) is 34.4 Å². The number of nitrogens with one attached hydrogen (secondary N) is 1. The minimum absolute atomic E-state index is 0.0505. The van der Waals surface area contributed by atoms with E-state index < -0.39 is 17.6 Å². The number of carbonyl (C=O) groups is 1. The summed E-state index contributed by atoms with van der Waals surface area (Å²) < 4.78 is 13.0. The van der Waals surface area contributed by atoms with Crippen molar-refractivity contribution in [1.82, 2.24) is 5.43 Å². The molecule has 2 atom stereocenters. The van der Waals surface area contributed by atoms with Crippen LogP contribution in [0.1, 0.15) is 34.8 Å². The molecule has 4 N–H and O–H groups in total. The maximum absolute atomic E-state index is 13.5. The minimum atomic E-state index is -1.44. The highest BCUT2D eigenvalue weighted by Gasteiger charge is 2.53. The molecular formula is C27H27BrN6O4. The van der Waals surface area contributed by atoms with Crippen molar-refractivity contribution in [2.45, 2.75) is 31.0 Å². The summed E-state index contributed by atoms with van der Waals surface area (Å²) in [6.45, 7) is 0.527. The van der Waals surface area contributed by atoms with Crippen LogP contribution in [0.4, 0.5) is 0 Å². The van der Waals surface area contributed by atoms with Gasteiger partial charge in [-0.2, -0.15) is 0 Å². The molecule has 0 bridgehead atoms. The highest BCUT2D eigenvalue weighted by Crippen LogP contribution is 2.43. The monoisotopic (exact) mass is 578 g/mol. The molecule has 196 valence electrons. The maximum atomic E-state index is 13.5. The second-order valence-electron chi connectivity index (χ2n) is 8.65. The predicted molar refractivity (Wildman–Crippen MR) is 146 cm³/mol. The molecule has 1 heterocycles. The zero-order valence-electron chi connectivity index (χ0n) is 20.5. The van der Waals surface area contributed by atoms with E-state index in [0.29, 0.717) is 35.5 Å². The summed E-state index contributed by atoms with van der Waals surface area (Å²) in [5, 5.41) is 12.7.